The van der Waals surface area contributed by atoms with Crippen LogP contribution in [-0.4, -0.2) is 15.4 Å². The minimum atomic E-state index is 0.491. The average molecular weight is 135 g/mol. The van der Waals surface area contributed by atoms with Crippen LogP contribution in [0.2, 0.25) is 0 Å². The third-order valence-corrected chi connectivity index (χ3v) is 1.24. The summed E-state index contributed by atoms with van der Waals surface area (Å²) in [7, 11) is 0. The van der Waals surface area contributed by atoms with Crippen LogP contribution < -0.4 is 0 Å². The summed E-state index contributed by atoms with van der Waals surface area (Å²) < 4.78 is 4.75. The van der Waals surface area contributed by atoms with Gasteiger partial charge in [0.15, 0.2) is 0 Å². The van der Waals surface area contributed by atoms with Gasteiger partial charge < -0.3 is 4.52 Å². The van der Waals surface area contributed by atoms with Crippen molar-refractivity contribution in [3.63, 3.8) is 0 Å². The van der Waals surface area contributed by atoms with E-state index in [4.69, 9.17) is 4.52 Å². The minimum absolute atomic E-state index is 0.491. The summed E-state index contributed by atoms with van der Waals surface area (Å²) in [6.07, 6.45) is 1.62. The van der Waals surface area contributed by atoms with Gasteiger partial charge in [-0.15, -0.1) is 5.10 Å². The molecule has 0 spiro atoms. The van der Waals surface area contributed by atoms with E-state index >= 15 is 0 Å². The first-order valence-corrected chi connectivity index (χ1v) is 2.91. The van der Waals surface area contributed by atoms with Gasteiger partial charge in [-0.05, 0) is 13.0 Å². The number of aromatic nitrogens is 3. The first kappa shape index (κ1) is 5.34. The molecule has 0 N–H and O–H groups in total. The standard InChI is InChI=1S/C6H5N3O/c1-4-2-5-3-7-10-6(5)9-8-4/h2-3H,1H3. The summed E-state index contributed by atoms with van der Waals surface area (Å²) in [5, 5.41) is 12.0. The number of rotatable bonds is 0. The summed E-state index contributed by atoms with van der Waals surface area (Å²) in [6.45, 7) is 1.87. The minimum Gasteiger partial charge on any atom is -0.334 e. The molecule has 0 saturated carbocycles. The van der Waals surface area contributed by atoms with Crippen LogP contribution in [0.4, 0.5) is 0 Å². The fraction of sp³-hybridized carbons (Fsp3) is 0.167. The first-order chi connectivity index (χ1) is 4.86. The Morgan fingerprint density at radius 3 is 3.20 bits per heavy atom. The Bertz CT molecular complexity index is 355. The molecule has 4 heteroatoms. The molecule has 0 amide bonds. The fourth-order valence-electron chi connectivity index (χ4n) is 0.794. The smallest absolute Gasteiger partial charge is 0.276 e. The van der Waals surface area contributed by atoms with Crippen molar-refractivity contribution in [3.8, 4) is 0 Å². The molecular formula is C6H5N3O. The van der Waals surface area contributed by atoms with Gasteiger partial charge in [0.2, 0.25) is 0 Å². The molecule has 4 nitrogen and oxygen atoms in total. The zero-order valence-electron chi connectivity index (χ0n) is 5.40. The molecule has 0 aliphatic heterocycles. The van der Waals surface area contributed by atoms with Gasteiger partial charge in [-0.2, -0.15) is 5.10 Å². The zero-order valence-corrected chi connectivity index (χ0v) is 5.40. The molecule has 0 aromatic carbocycles. The van der Waals surface area contributed by atoms with Crippen LogP contribution in [0.5, 0.6) is 0 Å². The van der Waals surface area contributed by atoms with Gasteiger partial charge in [0.05, 0.1) is 17.3 Å². The van der Waals surface area contributed by atoms with Crippen molar-refractivity contribution in [1.29, 1.82) is 0 Å². The van der Waals surface area contributed by atoms with Gasteiger partial charge in [0, 0.05) is 0 Å². The van der Waals surface area contributed by atoms with E-state index in [2.05, 4.69) is 15.4 Å². The maximum Gasteiger partial charge on any atom is 0.276 e. The molecule has 0 radical (unpaired) electrons. The fourth-order valence-corrected chi connectivity index (χ4v) is 0.794. The number of nitrogens with zero attached hydrogens (tertiary/aromatic N) is 3. The van der Waals surface area contributed by atoms with Gasteiger partial charge >= 0.3 is 0 Å². The Balaban J connectivity index is 2.86. The van der Waals surface area contributed by atoms with Crippen LogP contribution in [0.3, 0.4) is 0 Å². The largest absolute Gasteiger partial charge is 0.334 e. The predicted molar refractivity (Wildman–Crippen MR) is 34.3 cm³/mol. The lowest BCUT2D eigenvalue weighted by molar-refractivity contribution is 0.445. The van der Waals surface area contributed by atoms with Crippen molar-refractivity contribution in [1.82, 2.24) is 15.4 Å². The van der Waals surface area contributed by atoms with E-state index in [0.717, 1.165) is 11.1 Å². The molecule has 50 valence electrons. The monoisotopic (exact) mass is 135 g/mol. The second-order valence-corrected chi connectivity index (χ2v) is 2.07. The average Bonchev–Trinajstić information content (AvgIpc) is 2.33. The van der Waals surface area contributed by atoms with Gasteiger partial charge in [0.25, 0.3) is 5.71 Å². The molecule has 2 aromatic heterocycles. The number of hydrogen-bond donors (Lipinski definition) is 0. The second-order valence-electron chi connectivity index (χ2n) is 2.07. The van der Waals surface area contributed by atoms with E-state index in [0.29, 0.717) is 5.71 Å². The highest BCUT2D eigenvalue weighted by atomic mass is 16.5. The summed E-state index contributed by atoms with van der Waals surface area (Å²) in [6, 6.07) is 1.87. The van der Waals surface area contributed by atoms with Gasteiger partial charge in [-0.3, -0.25) is 0 Å². The highest BCUT2D eigenvalue weighted by Crippen LogP contribution is 2.08. The number of fused-ring (bicyclic) bond motifs is 1. The van der Waals surface area contributed by atoms with Gasteiger partial charge in [-0.25, -0.2) is 0 Å². The Morgan fingerprint density at radius 1 is 1.40 bits per heavy atom. The molecule has 2 aromatic rings. The van der Waals surface area contributed by atoms with Crippen molar-refractivity contribution in [2.45, 2.75) is 6.92 Å². The van der Waals surface area contributed by atoms with E-state index in [9.17, 15) is 0 Å². The molecule has 0 unspecified atom stereocenters. The van der Waals surface area contributed by atoms with E-state index in [1.165, 1.54) is 0 Å². The van der Waals surface area contributed by atoms with Crippen molar-refractivity contribution < 1.29 is 4.52 Å². The van der Waals surface area contributed by atoms with Crippen LogP contribution in [0.1, 0.15) is 5.69 Å². The Morgan fingerprint density at radius 2 is 2.30 bits per heavy atom. The molecule has 10 heavy (non-hydrogen) atoms. The molecule has 2 heterocycles. The maximum absolute atomic E-state index is 4.75. The molecule has 0 aliphatic carbocycles. The molecule has 0 saturated heterocycles. The summed E-state index contributed by atoms with van der Waals surface area (Å²) in [5.74, 6) is 0. The summed E-state index contributed by atoms with van der Waals surface area (Å²) >= 11 is 0. The van der Waals surface area contributed by atoms with Crippen LogP contribution in [0.15, 0.2) is 16.8 Å². The Hall–Kier alpha value is -1.45. The van der Waals surface area contributed by atoms with E-state index < -0.39 is 0 Å². The van der Waals surface area contributed by atoms with E-state index in [1.807, 2.05) is 13.0 Å². The lowest BCUT2D eigenvalue weighted by atomic mass is 10.3. The van der Waals surface area contributed by atoms with E-state index in [-0.39, 0.29) is 0 Å². The Labute approximate surface area is 56.9 Å². The highest BCUT2D eigenvalue weighted by Gasteiger charge is 1.98. The predicted octanol–water partition coefficient (Wildman–Crippen LogP) is 0.926. The molecule has 0 aliphatic rings. The van der Waals surface area contributed by atoms with Crippen LogP contribution >= 0.6 is 0 Å². The van der Waals surface area contributed by atoms with E-state index in [1.54, 1.807) is 6.20 Å². The topological polar surface area (TPSA) is 51.8 Å². The maximum atomic E-state index is 4.75. The molecular weight excluding hydrogens is 130 g/mol. The summed E-state index contributed by atoms with van der Waals surface area (Å²) in [5.41, 5.74) is 1.36. The SMILES string of the molecule is Cc1cc2cnoc2nn1. The third-order valence-electron chi connectivity index (χ3n) is 1.24. The molecule has 0 bridgehead atoms. The van der Waals surface area contributed by atoms with Crippen LogP contribution in [0.25, 0.3) is 11.1 Å². The van der Waals surface area contributed by atoms with Crippen LogP contribution in [0, 0.1) is 6.92 Å². The van der Waals surface area contributed by atoms with Gasteiger partial charge in [-0.1, -0.05) is 5.16 Å². The quantitative estimate of drug-likeness (QED) is 0.539. The molecule has 0 atom stereocenters. The van der Waals surface area contributed by atoms with Crippen LogP contribution in [-0.2, 0) is 0 Å². The number of hydrogen-bond acceptors (Lipinski definition) is 4. The first-order valence-electron chi connectivity index (χ1n) is 2.91. The van der Waals surface area contributed by atoms with Crippen molar-refractivity contribution in [2.75, 3.05) is 0 Å². The zero-order chi connectivity index (χ0) is 6.97. The van der Waals surface area contributed by atoms with Crippen molar-refractivity contribution in [3.05, 3.63) is 18.0 Å². The van der Waals surface area contributed by atoms with Crippen molar-refractivity contribution in [2.24, 2.45) is 0 Å². The normalized spacial score (nSPS) is 10.5. The second kappa shape index (κ2) is 1.76. The third kappa shape index (κ3) is 0.655. The number of aryl methyl sites for hydroxylation is 1. The van der Waals surface area contributed by atoms with Gasteiger partial charge in [0.1, 0.15) is 0 Å². The van der Waals surface area contributed by atoms with Crippen molar-refractivity contribution >= 4 is 11.1 Å². The lowest BCUT2D eigenvalue weighted by Gasteiger charge is -1.85. The summed E-state index contributed by atoms with van der Waals surface area (Å²) in [4.78, 5) is 0. The lowest BCUT2D eigenvalue weighted by Crippen LogP contribution is -1.83. The molecule has 2 rings (SSSR count). The highest BCUT2D eigenvalue weighted by molar-refractivity contribution is 5.70. The Kier molecular flexibility index (Phi) is 0.943. The molecule has 0 fully saturated rings.